The SMILES string of the molecule is C[C@H]1C[C@H]2CSC(N)=NC2(c2nc(NC(=O)C3CCC3)cs2)CO1. The number of fused-ring (bicyclic) bond motifs is 1. The molecule has 0 radical (unpaired) electrons. The molecule has 0 aromatic carbocycles. The van der Waals surface area contributed by atoms with Crippen LogP contribution in [0.4, 0.5) is 5.82 Å². The van der Waals surface area contributed by atoms with Crippen LogP contribution < -0.4 is 11.1 Å². The van der Waals surface area contributed by atoms with Gasteiger partial charge in [-0.2, -0.15) is 0 Å². The molecule has 2 aliphatic heterocycles. The fourth-order valence-corrected chi connectivity index (χ4v) is 5.48. The normalized spacial score (nSPS) is 33.3. The van der Waals surface area contributed by atoms with Gasteiger partial charge in [-0.25, -0.2) is 9.98 Å². The molecule has 1 unspecified atom stereocenters. The minimum absolute atomic E-state index is 0.0860. The molecular formula is C16H22N4O2S2. The van der Waals surface area contributed by atoms with Crippen LogP contribution in [0.1, 0.15) is 37.6 Å². The Kier molecular flexibility index (Phi) is 4.30. The number of thiazole rings is 1. The largest absolute Gasteiger partial charge is 0.379 e. The first-order valence-electron chi connectivity index (χ1n) is 8.43. The topological polar surface area (TPSA) is 89.6 Å². The van der Waals surface area contributed by atoms with Gasteiger partial charge >= 0.3 is 0 Å². The lowest BCUT2D eigenvalue weighted by Gasteiger charge is -2.44. The van der Waals surface area contributed by atoms with E-state index in [0.717, 1.165) is 36.4 Å². The van der Waals surface area contributed by atoms with Crippen molar-refractivity contribution in [3.63, 3.8) is 0 Å². The van der Waals surface area contributed by atoms with E-state index in [9.17, 15) is 4.79 Å². The number of nitrogens with zero attached hydrogens (tertiary/aromatic N) is 2. The molecule has 4 rings (SSSR count). The zero-order chi connectivity index (χ0) is 16.7. The van der Waals surface area contributed by atoms with Crippen LogP contribution in [0, 0.1) is 11.8 Å². The third-order valence-electron chi connectivity index (χ3n) is 5.22. The second-order valence-corrected chi connectivity index (χ2v) is 8.79. The number of nitrogens with two attached hydrogens (primary N) is 1. The number of thioether (sulfide) groups is 1. The molecule has 1 aromatic rings. The summed E-state index contributed by atoms with van der Waals surface area (Å²) in [4.78, 5) is 21.6. The Labute approximate surface area is 149 Å². The van der Waals surface area contributed by atoms with E-state index in [0.29, 0.717) is 23.5 Å². The number of aliphatic imine (C=N–C) groups is 1. The lowest BCUT2D eigenvalue weighted by atomic mass is 9.80. The third kappa shape index (κ3) is 2.84. The number of carbonyl (C=O) groups excluding carboxylic acids is 1. The quantitative estimate of drug-likeness (QED) is 0.858. The van der Waals surface area contributed by atoms with Crippen molar-refractivity contribution in [2.24, 2.45) is 22.6 Å². The van der Waals surface area contributed by atoms with Crippen molar-refractivity contribution in [1.29, 1.82) is 0 Å². The highest BCUT2D eigenvalue weighted by atomic mass is 32.2. The van der Waals surface area contributed by atoms with Crippen LogP contribution in [0.2, 0.25) is 0 Å². The van der Waals surface area contributed by atoms with E-state index in [1.807, 2.05) is 5.38 Å². The Morgan fingerprint density at radius 3 is 3.08 bits per heavy atom. The van der Waals surface area contributed by atoms with E-state index in [1.54, 1.807) is 11.8 Å². The van der Waals surface area contributed by atoms with Gasteiger partial charge in [-0.05, 0) is 26.2 Å². The number of ether oxygens (including phenoxy) is 1. The molecule has 3 heterocycles. The summed E-state index contributed by atoms with van der Waals surface area (Å²) in [7, 11) is 0. The zero-order valence-corrected chi connectivity index (χ0v) is 15.3. The summed E-state index contributed by atoms with van der Waals surface area (Å²) in [6.07, 6.45) is 4.30. The standard InChI is InChI=1S/C16H22N4O2S2/c1-9-5-11-6-24-15(17)20-16(11,8-22-9)14-19-12(7-23-14)18-13(21)10-3-2-4-10/h7,9-11H,2-6,8H2,1H3,(H2,17,20)(H,18,21)/t9-,11-,16?/m0/s1. The van der Waals surface area contributed by atoms with E-state index in [-0.39, 0.29) is 17.9 Å². The van der Waals surface area contributed by atoms with Crippen molar-refractivity contribution < 1.29 is 9.53 Å². The molecular weight excluding hydrogens is 344 g/mol. The molecule has 1 aliphatic carbocycles. The fraction of sp³-hybridized carbons (Fsp3) is 0.688. The number of carbonyl (C=O) groups is 1. The van der Waals surface area contributed by atoms with Crippen molar-refractivity contribution in [3.05, 3.63) is 10.4 Å². The van der Waals surface area contributed by atoms with Gasteiger partial charge in [-0.3, -0.25) is 4.79 Å². The van der Waals surface area contributed by atoms with Crippen LogP contribution in [0.5, 0.6) is 0 Å². The Morgan fingerprint density at radius 1 is 1.50 bits per heavy atom. The lowest BCUT2D eigenvalue weighted by Crippen LogP contribution is -2.49. The summed E-state index contributed by atoms with van der Waals surface area (Å²) in [5.74, 6) is 2.17. The van der Waals surface area contributed by atoms with E-state index >= 15 is 0 Å². The molecule has 0 bridgehead atoms. The van der Waals surface area contributed by atoms with Gasteiger partial charge in [0.1, 0.15) is 16.4 Å². The lowest BCUT2D eigenvalue weighted by molar-refractivity contribution is -0.122. The van der Waals surface area contributed by atoms with Gasteiger partial charge in [-0.1, -0.05) is 18.2 Å². The monoisotopic (exact) mass is 366 g/mol. The van der Waals surface area contributed by atoms with Crippen LogP contribution in [-0.4, -0.2) is 34.5 Å². The number of nitrogens with one attached hydrogen (secondary N) is 1. The highest BCUT2D eigenvalue weighted by Crippen LogP contribution is 2.47. The number of amides is 1. The number of hydrogen-bond donors (Lipinski definition) is 2. The highest BCUT2D eigenvalue weighted by Gasteiger charge is 2.49. The predicted molar refractivity (Wildman–Crippen MR) is 97.4 cm³/mol. The average molecular weight is 367 g/mol. The predicted octanol–water partition coefficient (Wildman–Crippen LogP) is 2.56. The third-order valence-corrected chi connectivity index (χ3v) is 7.19. The molecule has 3 aliphatic rings. The Balaban J connectivity index is 1.59. The number of anilines is 1. The van der Waals surface area contributed by atoms with Crippen LogP contribution in [0.3, 0.4) is 0 Å². The van der Waals surface area contributed by atoms with Gasteiger partial charge in [0.2, 0.25) is 5.91 Å². The first-order valence-corrected chi connectivity index (χ1v) is 10.3. The van der Waals surface area contributed by atoms with E-state index in [4.69, 9.17) is 15.5 Å². The summed E-state index contributed by atoms with van der Waals surface area (Å²) in [6.45, 7) is 2.60. The van der Waals surface area contributed by atoms with Gasteiger partial charge in [-0.15, -0.1) is 11.3 Å². The summed E-state index contributed by atoms with van der Waals surface area (Å²) < 4.78 is 5.92. The van der Waals surface area contributed by atoms with Gasteiger partial charge in [0.25, 0.3) is 0 Å². The summed E-state index contributed by atoms with van der Waals surface area (Å²) in [5, 5.41) is 6.35. The van der Waals surface area contributed by atoms with Crippen LogP contribution in [-0.2, 0) is 15.1 Å². The van der Waals surface area contributed by atoms with Crippen LogP contribution >= 0.6 is 23.1 Å². The number of rotatable bonds is 3. The maximum Gasteiger partial charge on any atom is 0.228 e. The number of amidine groups is 1. The Bertz CT molecular complexity index is 673. The van der Waals surface area contributed by atoms with Crippen molar-refractivity contribution >= 4 is 40.0 Å². The van der Waals surface area contributed by atoms with E-state index in [2.05, 4.69) is 17.2 Å². The average Bonchev–Trinajstić information content (AvgIpc) is 2.94. The minimum Gasteiger partial charge on any atom is -0.379 e. The molecule has 1 saturated carbocycles. The fourth-order valence-electron chi connectivity index (χ4n) is 3.51. The summed E-state index contributed by atoms with van der Waals surface area (Å²) >= 11 is 3.15. The van der Waals surface area contributed by atoms with Gasteiger partial charge in [0, 0.05) is 23.0 Å². The Morgan fingerprint density at radius 2 is 2.33 bits per heavy atom. The smallest absolute Gasteiger partial charge is 0.228 e. The first kappa shape index (κ1) is 16.4. The van der Waals surface area contributed by atoms with Crippen molar-refractivity contribution in [1.82, 2.24) is 4.98 Å². The van der Waals surface area contributed by atoms with E-state index in [1.165, 1.54) is 11.3 Å². The van der Waals surface area contributed by atoms with Crippen molar-refractivity contribution in [2.75, 3.05) is 17.7 Å². The molecule has 0 spiro atoms. The van der Waals surface area contributed by atoms with E-state index < -0.39 is 5.54 Å². The second kappa shape index (κ2) is 6.31. The van der Waals surface area contributed by atoms with Crippen LogP contribution in [0.25, 0.3) is 0 Å². The maximum absolute atomic E-state index is 12.1. The molecule has 1 saturated heterocycles. The second-order valence-electron chi connectivity index (χ2n) is 6.89. The van der Waals surface area contributed by atoms with Crippen molar-refractivity contribution in [2.45, 2.75) is 44.2 Å². The molecule has 2 fully saturated rings. The molecule has 3 N–H and O–H groups in total. The molecule has 24 heavy (non-hydrogen) atoms. The van der Waals surface area contributed by atoms with Gasteiger partial charge < -0.3 is 15.8 Å². The Hall–Kier alpha value is -1.12. The van der Waals surface area contributed by atoms with Gasteiger partial charge in [0.15, 0.2) is 5.17 Å². The molecule has 6 nitrogen and oxygen atoms in total. The molecule has 1 aromatic heterocycles. The number of hydrogen-bond acceptors (Lipinski definition) is 7. The zero-order valence-electron chi connectivity index (χ0n) is 13.7. The van der Waals surface area contributed by atoms with Crippen molar-refractivity contribution in [3.8, 4) is 0 Å². The first-order chi connectivity index (χ1) is 11.6. The van der Waals surface area contributed by atoms with Gasteiger partial charge in [0.05, 0.1) is 12.7 Å². The molecule has 130 valence electrons. The summed E-state index contributed by atoms with van der Waals surface area (Å²) in [6, 6.07) is 0. The number of aromatic nitrogens is 1. The molecule has 1 amide bonds. The molecule has 3 atom stereocenters. The summed E-state index contributed by atoms with van der Waals surface area (Å²) in [5.41, 5.74) is 5.52. The molecule has 8 heteroatoms. The highest BCUT2D eigenvalue weighted by molar-refractivity contribution is 8.13. The minimum atomic E-state index is -0.494. The van der Waals surface area contributed by atoms with Crippen LogP contribution in [0.15, 0.2) is 10.4 Å². The maximum atomic E-state index is 12.1.